The van der Waals surface area contributed by atoms with E-state index in [2.05, 4.69) is 10.3 Å². The van der Waals surface area contributed by atoms with Crippen LogP contribution in [-0.2, 0) is 12.7 Å². The number of rotatable bonds is 4. The number of carbonyl (C=O) groups excluding carboxylic acids is 1. The molecule has 2 aromatic carbocycles. The summed E-state index contributed by atoms with van der Waals surface area (Å²) in [6.45, 7) is 0.0642. The minimum Gasteiger partial charge on any atom is -0.508 e. The summed E-state index contributed by atoms with van der Waals surface area (Å²) < 4.78 is 38.6. The molecule has 0 aliphatic rings. The largest absolute Gasteiger partial charge is 0.508 e. The van der Waals surface area contributed by atoms with Crippen molar-refractivity contribution in [1.29, 1.82) is 5.26 Å². The van der Waals surface area contributed by atoms with Crippen LogP contribution >= 0.6 is 11.6 Å². The summed E-state index contributed by atoms with van der Waals surface area (Å²) in [4.78, 5) is 15.9. The normalized spacial score (nSPS) is 11.0. The lowest BCUT2D eigenvalue weighted by Crippen LogP contribution is -2.22. The monoisotopic (exact) mass is 431 g/mol. The van der Waals surface area contributed by atoms with Gasteiger partial charge >= 0.3 is 6.18 Å². The standard InChI is InChI=1S/C21H13ClF3N3O2/c22-17-6-5-12(20(30)28-10-13-3-1-2-4-18(13)29)7-15(17)16-11-27-19(21(23,24)25)8-14(16)9-26/h1-8,11,29H,10H2,(H,28,30). The number of hydrogen-bond donors (Lipinski definition) is 2. The van der Waals surface area contributed by atoms with E-state index in [0.29, 0.717) is 11.6 Å². The van der Waals surface area contributed by atoms with Crippen LogP contribution in [0.5, 0.6) is 5.75 Å². The minimum atomic E-state index is -4.70. The number of carbonyl (C=O) groups is 1. The van der Waals surface area contributed by atoms with Crippen LogP contribution in [0.15, 0.2) is 54.7 Å². The maximum Gasteiger partial charge on any atom is 0.433 e. The zero-order valence-corrected chi connectivity index (χ0v) is 15.9. The molecule has 5 nitrogen and oxygen atoms in total. The van der Waals surface area contributed by atoms with E-state index in [1.54, 1.807) is 24.3 Å². The fourth-order valence-corrected chi connectivity index (χ4v) is 2.95. The van der Waals surface area contributed by atoms with E-state index in [0.717, 1.165) is 6.20 Å². The van der Waals surface area contributed by atoms with Gasteiger partial charge in [0.2, 0.25) is 0 Å². The quantitative estimate of drug-likeness (QED) is 0.613. The average Bonchev–Trinajstić information content (AvgIpc) is 2.72. The smallest absolute Gasteiger partial charge is 0.433 e. The average molecular weight is 432 g/mol. The summed E-state index contributed by atoms with van der Waals surface area (Å²) in [5.41, 5.74) is -0.510. The van der Waals surface area contributed by atoms with Crippen LogP contribution in [0.3, 0.4) is 0 Å². The molecule has 152 valence electrons. The van der Waals surface area contributed by atoms with E-state index >= 15 is 0 Å². The number of aromatic hydroxyl groups is 1. The molecule has 0 spiro atoms. The third kappa shape index (κ3) is 4.53. The zero-order chi connectivity index (χ0) is 21.9. The number of aromatic nitrogens is 1. The Morgan fingerprint density at radius 1 is 1.17 bits per heavy atom. The summed E-state index contributed by atoms with van der Waals surface area (Å²) >= 11 is 6.16. The summed E-state index contributed by atoms with van der Waals surface area (Å²) in [5.74, 6) is -0.460. The first-order valence-corrected chi connectivity index (χ1v) is 8.91. The van der Waals surface area contributed by atoms with Gasteiger partial charge in [-0.1, -0.05) is 29.8 Å². The summed E-state index contributed by atoms with van der Waals surface area (Å²) in [7, 11) is 0. The molecular weight excluding hydrogens is 419 g/mol. The summed E-state index contributed by atoms with van der Waals surface area (Å²) in [6.07, 6.45) is -3.79. The molecule has 9 heteroatoms. The van der Waals surface area contributed by atoms with Crippen molar-refractivity contribution in [3.8, 4) is 22.9 Å². The van der Waals surface area contributed by atoms with Gasteiger partial charge in [-0.2, -0.15) is 18.4 Å². The molecule has 0 saturated heterocycles. The van der Waals surface area contributed by atoms with Crippen molar-refractivity contribution < 1.29 is 23.1 Å². The summed E-state index contributed by atoms with van der Waals surface area (Å²) in [6, 6.07) is 13.1. The molecule has 0 unspecified atom stereocenters. The first kappa shape index (κ1) is 21.1. The number of hydrogen-bond acceptors (Lipinski definition) is 4. The molecule has 0 bridgehead atoms. The second-order valence-electron chi connectivity index (χ2n) is 6.23. The molecule has 1 heterocycles. The molecule has 0 radical (unpaired) electrons. The van der Waals surface area contributed by atoms with Crippen LogP contribution in [0.4, 0.5) is 13.2 Å². The van der Waals surface area contributed by atoms with E-state index in [4.69, 9.17) is 11.6 Å². The lowest BCUT2D eigenvalue weighted by molar-refractivity contribution is -0.141. The molecule has 0 saturated carbocycles. The van der Waals surface area contributed by atoms with Crippen LogP contribution in [-0.4, -0.2) is 16.0 Å². The molecule has 1 aromatic heterocycles. The number of benzene rings is 2. The number of halogens is 4. The Morgan fingerprint density at radius 2 is 1.90 bits per heavy atom. The van der Waals surface area contributed by atoms with Gasteiger partial charge in [0.1, 0.15) is 11.4 Å². The molecular formula is C21H13ClF3N3O2. The first-order chi connectivity index (χ1) is 14.2. The van der Waals surface area contributed by atoms with Crippen molar-refractivity contribution in [2.24, 2.45) is 0 Å². The van der Waals surface area contributed by atoms with Crippen molar-refractivity contribution in [2.45, 2.75) is 12.7 Å². The molecule has 2 N–H and O–H groups in total. The third-order valence-corrected chi connectivity index (χ3v) is 4.59. The Bertz CT molecular complexity index is 1160. The maximum absolute atomic E-state index is 12.9. The van der Waals surface area contributed by atoms with Crippen molar-refractivity contribution in [1.82, 2.24) is 10.3 Å². The Morgan fingerprint density at radius 3 is 2.57 bits per heavy atom. The van der Waals surface area contributed by atoms with Gasteiger partial charge in [-0.15, -0.1) is 0 Å². The molecule has 0 atom stereocenters. The number of phenolic OH excluding ortho intramolecular Hbond substituents is 1. The van der Waals surface area contributed by atoms with Crippen molar-refractivity contribution in [3.63, 3.8) is 0 Å². The van der Waals surface area contributed by atoms with E-state index in [9.17, 15) is 28.3 Å². The molecule has 3 rings (SSSR count). The van der Waals surface area contributed by atoms with Crippen LogP contribution in [0.1, 0.15) is 27.2 Å². The number of amides is 1. The predicted octanol–water partition coefficient (Wildman–Crippen LogP) is 4.93. The van der Waals surface area contributed by atoms with E-state index in [1.165, 1.54) is 24.3 Å². The van der Waals surface area contributed by atoms with Gasteiger partial charge in [0, 0.05) is 40.0 Å². The SMILES string of the molecule is N#Cc1cc(C(F)(F)F)ncc1-c1cc(C(=O)NCc2ccccc2O)ccc1Cl. The molecule has 3 aromatic rings. The number of phenols is 1. The van der Waals surface area contributed by atoms with Crippen LogP contribution in [0, 0.1) is 11.3 Å². The number of para-hydroxylation sites is 1. The third-order valence-electron chi connectivity index (χ3n) is 4.26. The van der Waals surface area contributed by atoms with Gasteiger partial charge in [0.05, 0.1) is 11.6 Å². The molecule has 1 amide bonds. The van der Waals surface area contributed by atoms with Gasteiger partial charge < -0.3 is 10.4 Å². The first-order valence-electron chi connectivity index (χ1n) is 8.53. The fourth-order valence-electron chi connectivity index (χ4n) is 2.73. The zero-order valence-electron chi connectivity index (χ0n) is 15.2. The van der Waals surface area contributed by atoms with Crippen LogP contribution in [0.25, 0.3) is 11.1 Å². The van der Waals surface area contributed by atoms with E-state index in [-0.39, 0.29) is 39.6 Å². The topological polar surface area (TPSA) is 86.0 Å². The Kier molecular flexibility index (Phi) is 5.94. The minimum absolute atomic E-state index is 0.0316. The molecule has 0 aliphatic carbocycles. The second kappa shape index (κ2) is 8.43. The fraction of sp³-hybridized carbons (Fsp3) is 0.0952. The van der Waals surface area contributed by atoms with Crippen molar-refractivity contribution >= 4 is 17.5 Å². The van der Waals surface area contributed by atoms with Gasteiger partial charge in [-0.25, -0.2) is 0 Å². The number of nitriles is 1. The maximum atomic E-state index is 12.9. The van der Waals surface area contributed by atoms with Crippen molar-refractivity contribution in [2.75, 3.05) is 0 Å². The number of alkyl halides is 3. The second-order valence-corrected chi connectivity index (χ2v) is 6.64. The Hall–Kier alpha value is -3.57. The molecule has 30 heavy (non-hydrogen) atoms. The van der Waals surface area contributed by atoms with E-state index < -0.39 is 17.8 Å². The Balaban J connectivity index is 1.91. The lowest BCUT2D eigenvalue weighted by Gasteiger charge is -2.12. The molecule has 0 aliphatic heterocycles. The number of nitrogens with one attached hydrogen (secondary N) is 1. The van der Waals surface area contributed by atoms with Gasteiger partial charge in [0.15, 0.2) is 0 Å². The Labute approximate surface area is 174 Å². The van der Waals surface area contributed by atoms with Crippen LogP contribution < -0.4 is 5.32 Å². The van der Waals surface area contributed by atoms with Crippen LogP contribution in [0.2, 0.25) is 5.02 Å². The summed E-state index contributed by atoms with van der Waals surface area (Å²) in [5, 5.41) is 21.8. The van der Waals surface area contributed by atoms with Gasteiger partial charge in [-0.05, 0) is 30.3 Å². The van der Waals surface area contributed by atoms with Crippen molar-refractivity contribution in [3.05, 3.63) is 82.1 Å². The van der Waals surface area contributed by atoms with E-state index in [1.807, 2.05) is 0 Å². The predicted molar refractivity (Wildman–Crippen MR) is 104 cm³/mol. The van der Waals surface area contributed by atoms with Gasteiger partial charge in [0.25, 0.3) is 5.91 Å². The molecule has 0 fully saturated rings. The lowest BCUT2D eigenvalue weighted by atomic mass is 9.99. The highest BCUT2D eigenvalue weighted by atomic mass is 35.5. The van der Waals surface area contributed by atoms with Gasteiger partial charge in [-0.3, -0.25) is 9.78 Å². The highest BCUT2D eigenvalue weighted by Gasteiger charge is 2.33. The number of nitrogens with zero attached hydrogens (tertiary/aromatic N) is 2. The number of pyridine rings is 1. The highest BCUT2D eigenvalue weighted by molar-refractivity contribution is 6.33. The highest BCUT2D eigenvalue weighted by Crippen LogP contribution is 2.34.